The molecule has 1 aromatic heterocycles. The molecule has 266 valence electrons. The average molecular weight is 691 g/mol. The van der Waals surface area contributed by atoms with Crippen molar-refractivity contribution in [1.82, 2.24) is 20.1 Å². The Bertz CT molecular complexity index is 1210. The van der Waals surface area contributed by atoms with Gasteiger partial charge in [-0.2, -0.15) is 0 Å². The second kappa shape index (κ2) is 18.5. The lowest BCUT2D eigenvalue weighted by Crippen LogP contribution is -2.59. The number of thiazole rings is 1. The maximum atomic E-state index is 14.8. The minimum atomic E-state index is -2.31. The Labute approximate surface area is 290 Å². The minimum absolute atomic E-state index is 0.0535. The minimum Gasteiger partial charge on any atom is -0.464 e. The number of ether oxygens (including phenoxy) is 1. The van der Waals surface area contributed by atoms with E-state index in [1.165, 1.54) is 18.4 Å². The second-order valence-electron chi connectivity index (χ2n) is 15.0. The van der Waals surface area contributed by atoms with Crippen molar-refractivity contribution < 1.29 is 23.5 Å². The second-order valence-corrected chi connectivity index (χ2v) is 20.7. The monoisotopic (exact) mass is 690 g/mol. The third-order valence-corrected chi connectivity index (χ3v) is 15.6. The lowest BCUT2D eigenvalue weighted by atomic mass is 9.91. The van der Waals surface area contributed by atoms with Crippen LogP contribution in [-0.4, -0.2) is 86.3 Å². The van der Waals surface area contributed by atoms with E-state index >= 15 is 0 Å². The zero-order valence-corrected chi connectivity index (χ0v) is 32.8. The number of carbonyl (C=O) groups excluding carboxylic acids is 3. The first-order valence-electron chi connectivity index (χ1n) is 17.4. The molecule has 0 aliphatic carbocycles. The van der Waals surface area contributed by atoms with E-state index in [1.54, 1.807) is 5.38 Å². The van der Waals surface area contributed by atoms with E-state index in [4.69, 9.17) is 15.6 Å². The molecule has 11 heteroatoms. The standard InChI is InChI=1S/C36H62N4O5SSi/c1-13-15-16-18-22-40(34(42)31(26(5)14-2)38-32(41)28-20-17-19-21-39(28)9)29(25(3)4)23-30(45-47(11,12)36(6,7)8)33-37-27(24-46-33)35(43)44-10/h1,24-26,28-31H,14-23H2,2-12H3,(H,38,41)/t26-,28+,29+,30+,31-/m0/s1. The quantitative estimate of drug-likeness (QED) is 0.0809. The molecule has 2 rings (SSSR count). The number of hydrogen-bond donors (Lipinski definition) is 1. The molecule has 0 bridgehead atoms. The number of rotatable bonds is 17. The Morgan fingerprint density at radius 3 is 2.45 bits per heavy atom. The number of nitrogens with zero attached hydrogens (tertiary/aromatic N) is 3. The van der Waals surface area contributed by atoms with Crippen LogP contribution < -0.4 is 5.32 Å². The van der Waals surface area contributed by atoms with Crippen LogP contribution in [0.3, 0.4) is 0 Å². The first kappa shape index (κ1) is 40.9. The van der Waals surface area contributed by atoms with Gasteiger partial charge < -0.3 is 19.4 Å². The number of likely N-dealkylation sites (tertiary alicyclic amines) is 1. The van der Waals surface area contributed by atoms with Crippen LogP contribution in [0, 0.1) is 24.2 Å². The van der Waals surface area contributed by atoms with Gasteiger partial charge in [0.15, 0.2) is 14.0 Å². The summed E-state index contributed by atoms with van der Waals surface area (Å²) in [6.07, 6.45) is 11.5. The van der Waals surface area contributed by atoms with Crippen molar-refractivity contribution in [2.24, 2.45) is 11.8 Å². The first-order valence-corrected chi connectivity index (χ1v) is 21.2. The molecular weight excluding hydrogens is 629 g/mol. The lowest BCUT2D eigenvalue weighted by molar-refractivity contribution is -0.142. The SMILES string of the molecule is C#CCCCCN(C(=O)[C@@H](NC(=O)[C@H]1CCCCN1C)[C@@H](C)CC)[C@H](C[C@@H](O[Si](C)(C)C(C)(C)C)c1nc(C(=O)OC)cs1)C(C)C. The van der Waals surface area contributed by atoms with Crippen molar-refractivity contribution in [3.63, 3.8) is 0 Å². The van der Waals surface area contributed by atoms with Gasteiger partial charge in [-0.15, -0.1) is 23.7 Å². The highest BCUT2D eigenvalue weighted by Gasteiger charge is 2.43. The summed E-state index contributed by atoms with van der Waals surface area (Å²) < 4.78 is 12.0. The van der Waals surface area contributed by atoms with Gasteiger partial charge in [-0.05, 0) is 75.7 Å². The smallest absolute Gasteiger partial charge is 0.357 e. The van der Waals surface area contributed by atoms with Gasteiger partial charge in [0.25, 0.3) is 0 Å². The highest BCUT2D eigenvalue weighted by Crippen LogP contribution is 2.42. The molecule has 1 N–H and O–H groups in total. The van der Waals surface area contributed by atoms with Crippen LogP contribution in [0.5, 0.6) is 0 Å². The molecule has 0 radical (unpaired) electrons. The third-order valence-electron chi connectivity index (χ3n) is 10.2. The topological polar surface area (TPSA) is 101 Å². The maximum absolute atomic E-state index is 14.8. The number of nitrogens with one attached hydrogen (secondary N) is 1. The molecule has 9 nitrogen and oxygen atoms in total. The van der Waals surface area contributed by atoms with E-state index in [1.807, 2.05) is 18.9 Å². The van der Waals surface area contributed by atoms with E-state index in [0.29, 0.717) is 24.4 Å². The van der Waals surface area contributed by atoms with Crippen LogP contribution in [0.15, 0.2) is 5.38 Å². The number of likely N-dealkylation sites (N-methyl/N-ethyl adjacent to an activating group) is 1. The molecule has 1 aliphatic rings. The van der Waals surface area contributed by atoms with Gasteiger partial charge in [-0.3, -0.25) is 14.5 Å². The van der Waals surface area contributed by atoms with Gasteiger partial charge in [0.1, 0.15) is 11.0 Å². The van der Waals surface area contributed by atoms with Crippen molar-refractivity contribution in [3.05, 3.63) is 16.1 Å². The Morgan fingerprint density at radius 2 is 1.89 bits per heavy atom. The normalized spacial score (nSPS) is 18.6. The Morgan fingerprint density at radius 1 is 1.21 bits per heavy atom. The molecule has 1 aliphatic heterocycles. The van der Waals surface area contributed by atoms with Crippen LogP contribution in [0.1, 0.15) is 121 Å². The fourth-order valence-electron chi connectivity index (χ4n) is 5.81. The van der Waals surface area contributed by atoms with Crippen LogP contribution in [0.25, 0.3) is 0 Å². The summed E-state index contributed by atoms with van der Waals surface area (Å²) in [6.45, 7) is 20.8. The molecule has 1 saturated heterocycles. The fraction of sp³-hybridized carbons (Fsp3) is 0.778. The van der Waals surface area contributed by atoms with E-state index in [-0.39, 0.29) is 46.5 Å². The fourth-order valence-corrected chi connectivity index (χ4v) is 8.00. The molecule has 2 heterocycles. The van der Waals surface area contributed by atoms with Crippen LogP contribution in [-0.2, 0) is 18.8 Å². The number of amides is 2. The van der Waals surface area contributed by atoms with Gasteiger partial charge in [-0.25, -0.2) is 9.78 Å². The molecule has 1 aromatic rings. The molecule has 2 amide bonds. The summed E-state index contributed by atoms with van der Waals surface area (Å²) in [6, 6.07) is -1.10. The number of carbonyl (C=O) groups is 3. The van der Waals surface area contributed by atoms with Crippen molar-refractivity contribution in [1.29, 1.82) is 0 Å². The number of terminal acetylenes is 1. The average Bonchev–Trinajstić information content (AvgIpc) is 3.51. The van der Waals surface area contributed by atoms with E-state index in [9.17, 15) is 14.4 Å². The summed E-state index contributed by atoms with van der Waals surface area (Å²) in [5.74, 6) is 2.13. The first-order chi connectivity index (χ1) is 22.0. The Kier molecular flexibility index (Phi) is 16.1. The predicted molar refractivity (Wildman–Crippen MR) is 194 cm³/mol. The maximum Gasteiger partial charge on any atom is 0.357 e. The van der Waals surface area contributed by atoms with Crippen molar-refractivity contribution >= 4 is 37.4 Å². The number of piperidine rings is 1. The van der Waals surface area contributed by atoms with Crippen molar-refractivity contribution in [3.8, 4) is 12.3 Å². The number of unbranched alkanes of at least 4 members (excludes halogenated alkanes) is 2. The van der Waals surface area contributed by atoms with Crippen molar-refractivity contribution in [2.45, 2.75) is 142 Å². The third kappa shape index (κ3) is 11.4. The molecule has 0 saturated carbocycles. The number of esters is 1. The summed E-state index contributed by atoms with van der Waals surface area (Å²) >= 11 is 1.39. The van der Waals surface area contributed by atoms with Gasteiger partial charge in [0.05, 0.1) is 19.3 Å². The zero-order chi connectivity index (χ0) is 35.5. The molecule has 0 unspecified atom stereocenters. The highest BCUT2D eigenvalue weighted by atomic mass is 32.1. The van der Waals surface area contributed by atoms with E-state index in [2.05, 4.69) is 75.8 Å². The lowest BCUT2D eigenvalue weighted by Gasteiger charge is -2.43. The molecule has 47 heavy (non-hydrogen) atoms. The molecule has 5 atom stereocenters. The van der Waals surface area contributed by atoms with Gasteiger partial charge in [0.2, 0.25) is 11.8 Å². The van der Waals surface area contributed by atoms with Gasteiger partial charge in [-0.1, -0.05) is 61.3 Å². The number of methoxy groups -OCH3 is 1. The van der Waals surface area contributed by atoms with E-state index < -0.39 is 26.4 Å². The van der Waals surface area contributed by atoms with Crippen LogP contribution in [0.2, 0.25) is 18.1 Å². The zero-order valence-electron chi connectivity index (χ0n) is 31.0. The van der Waals surface area contributed by atoms with Crippen LogP contribution in [0.4, 0.5) is 0 Å². The summed E-state index contributed by atoms with van der Waals surface area (Å²) in [5, 5.41) is 5.57. The number of hydrogen-bond acceptors (Lipinski definition) is 8. The highest BCUT2D eigenvalue weighted by molar-refractivity contribution is 7.09. The summed E-state index contributed by atoms with van der Waals surface area (Å²) in [4.78, 5) is 49.6. The van der Waals surface area contributed by atoms with E-state index in [0.717, 1.165) is 45.1 Å². The molecule has 0 aromatic carbocycles. The number of aromatic nitrogens is 1. The Hall–Kier alpha value is -2.26. The summed E-state index contributed by atoms with van der Waals surface area (Å²) in [5.41, 5.74) is 0.256. The predicted octanol–water partition coefficient (Wildman–Crippen LogP) is 7.05. The van der Waals surface area contributed by atoms with Crippen LogP contribution >= 0.6 is 11.3 Å². The molecule has 0 spiro atoms. The molecule has 1 fully saturated rings. The molecular formula is C36H62N4O5SSi. The summed E-state index contributed by atoms with van der Waals surface area (Å²) in [7, 11) is 1.03. The Balaban J connectivity index is 2.56. The largest absolute Gasteiger partial charge is 0.464 e. The van der Waals surface area contributed by atoms with Gasteiger partial charge in [0, 0.05) is 24.4 Å². The van der Waals surface area contributed by atoms with Crippen molar-refractivity contribution in [2.75, 3.05) is 27.2 Å². The van der Waals surface area contributed by atoms with Gasteiger partial charge >= 0.3 is 5.97 Å².